The summed E-state index contributed by atoms with van der Waals surface area (Å²) >= 11 is 1.95. The van der Waals surface area contributed by atoms with Crippen molar-refractivity contribution < 1.29 is 0 Å². The Kier molecular flexibility index (Phi) is 7.30. The topological polar surface area (TPSA) is 24.1 Å². The molecule has 0 aliphatic carbocycles. The molecule has 1 aliphatic heterocycles. The maximum Gasteiger partial charge on any atom is 0.0216 e. The minimum Gasteiger partial charge on any atom is -0.317 e. The Morgan fingerprint density at radius 2 is 2.00 bits per heavy atom. The molecule has 0 saturated carbocycles. The van der Waals surface area contributed by atoms with Crippen LogP contribution in [-0.4, -0.2) is 25.4 Å². The molecule has 0 fully saturated rings. The predicted molar refractivity (Wildman–Crippen MR) is 73.1 cm³/mol. The van der Waals surface area contributed by atoms with Crippen molar-refractivity contribution in [3.05, 3.63) is 29.8 Å². The molecule has 3 heteroatoms. The van der Waals surface area contributed by atoms with Crippen LogP contribution in [0.4, 0.5) is 0 Å². The molecule has 0 spiro atoms. The van der Waals surface area contributed by atoms with E-state index in [9.17, 15) is 0 Å². The van der Waals surface area contributed by atoms with Crippen LogP contribution >= 0.6 is 11.8 Å². The number of benzene rings is 1. The van der Waals surface area contributed by atoms with E-state index in [1.54, 1.807) is 0 Å². The van der Waals surface area contributed by atoms with Crippen LogP contribution < -0.4 is 10.6 Å². The Morgan fingerprint density at radius 3 is 2.69 bits per heavy atom. The second-order valence-electron chi connectivity index (χ2n) is 3.59. The molecule has 1 aliphatic rings. The first-order chi connectivity index (χ1) is 7.88. The zero-order valence-electron chi connectivity index (χ0n) is 10.3. The van der Waals surface area contributed by atoms with Crippen molar-refractivity contribution in [2.24, 2.45) is 0 Å². The number of hydrogen-bond acceptors (Lipinski definition) is 3. The van der Waals surface area contributed by atoms with E-state index in [4.69, 9.17) is 0 Å². The van der Waals surface area contributed by atoms with E-state index >= 15 is 0 Å². The van der Waals surface area contributed by atoms with Crippen molar-refractivity contribution in [2.75, 3.05) is 25.4 Å². The summed E-state index contributed by atoms with van der Waals surface area (Å²) in [4.78, 5) is 1.44. The molecule has 0 amide bonds. The lowest BCUT2D eigenvalue weighted by Gasteiger charge is -2.01. The molecule has 0 unspecified atom stereocenters. The van der Waals surface area contributed by atoms with Gasteiger partial charge in [-0.1, -0.05) is 32.0 Å². The molecule has 0 atom stereocenters. The van der Waals surface area contributed by atoms with E-state index in [2.05, 4.69) is 48.7 Å². The molecular formula is C13H22N2S. The number of hydrogen-bond donors (Lipinski definition) is 2. The summed E-state index contributed by atoms with van der Waals surface area (Å²) in [6.07, 6.45) is 0. The van der Waals surface area contributed by atoms with Gasteiger partial charge in [-0.05, 0) is 24.7 Å². The molecular weight excluding hydrogens is 216 g/mol. The van der Waals surface area contributed by atoms with Gasteiger partial charge >= 0.3 is 0 Å². The highest BCUT2D eigenvalue weighted by atomic mass is 32.2. The molecule has 2 rings (SSSR count). The second-order valence-corrected chi connectivity index (χ2v) is 4.73. The van der Waals surface area contributed by atoms with Crippen LogP contribution in [-0.2, 0) is 6.54 Å². The lowest BCUT2D eigenvalue weighted by molar-refractivity contribution is 0.732. The summed E-state index contributed by atoms with van der Waals surface area (Å²) in [5.74, 6) is 1.19. The number of nitrogens with one attached hydrogen (secondary N) is 2. The normalized spacial score (nSPS) is 14.4. The lowest BCUT2D eigenvalue weighted by atomic mass is 10.2. The minimum absolute atomic E-state index is 1.03. The van der Waals surface area contributed by atoms with Gasteiger partial charge in [0.25, 0.3) is 0 Å². The van der Waals surface area contributed by atoms with Crippen LogP contribution in [0.5, 0.6) is 0 Å². The fourth-order valence-electron chi connectivity index (χ4n) is 1.50. The van der Waals surface area contributed by atoms with Crippen LogP contribution in [0.25, 0.3) is 0 Å². The van der Waals surface area contributed by atoms with E-state index in [0.29, 0.717) is 0 Å². The summed E-state index contributed by atoms with van der Waals surface area (Å²) in [5, 5.41) is 6.49. The van der Waals surface area contributed by atoms with Crippen LogP contribution in [0.15, 0.2) is 29.2 Å². The standard InChI is InChI=1S/C9H11NS.C4H11N/c1-2-4-9-8(3-1)7-10-5-6-11-9;1-3-5-4-2/h1-4,10H,5-7H2;5H,3-4H2,1-2H3. The van der Waals surface area contributed by atoms with Crippen LogP contribution in [0.1, 0.15) is 19.4 Å². The molecule has 1 aromatic rings. The van der Waals surface area contributed by atoms with Gasteiger partial charge in [-0.15, -0.1) is 11.8 Å². The van der Waals surface area contributed by atoms with E-state index < -0.39 is 0 Å². The summed E-state index contributed by atoms with van der Waals surface area (Å²) in [6.45, 7) is 8.54. The monoisotopic (exact) mass is 238 g/mol. The smallest absolute Gasteiger partial charge is 0.0216 e. The average Bonchev–Trinajstić information content (AvgIpc) is 2.56. The highest BCUT2D eigenvalue weighted by Crippen LogP contribution is 2.23. The van der Waals surface area contributed by atoms with Gasteiger partial charge in [-0.25, -0.2) is 0 Å². The van der Waals surface area contributed by atoms with Crippen molar-refractivity contribution in [1.29, 1.82) is 0 Å². The molecule has 1 aromatic carbocycles. The van der Waals surface area contributed by atoms with Crippen LogP contribution in [0.2, 0.25) is 0 Å². The van der Waals surface area contributed by atoms with Gasteiger partial charge in [0.05, 0.1) is 0 Å². The maximum absolute atomic E-state index is 3.38. The molecule has 0 bridgehead atoms. The Morgan fingerprint density at radius 1 is 1.25 bits per heavy atom. The van der Waals surface area contributed by atoms with Gasteiger partial charge in [0.1, 0.15) is 0 Å². The number of rotatable bonds is 2. The Bertz CT molecular complexity index is 262. The Labute approximate surface area is 103 Å². The highest BCUT2D eigenvalue weighted by Gasteiger charge is 2.04. The Hall–Kier alpha value is -0.510. The number of fused-ring (bicyclic) bond motifs is 1. The molecule has 2 nitrogen and oxygen atoms in total. The average molecular weight is 238 g/mol. The van der Waals surface area contributed by atoms with Gasteiger partial charge in [-0.2, -0.15) is 0 Å². The molecule has 1 heterocycles. The zero-order valence-corrected chi connectivity index (χ0v) is 11.1. The van der Waals surface area contributed by atoms with Crippen LogP contribution in [0, 0.1) is 0 Å². The third-order valence-corrected chi connectivity index (χ3v) is 3.44. The first-order valence-corrected chi connectivity index (χ1v) is 6.99. The fraction of sp³-hybridized carbons (Fsp3) is 0.538. The van der Waals surface area contributed by atoms with Crippen LogP contribution in [0.3, 0.4) is 0 Å². The summed E-state index contributed by atoms with van der Waals surface area (Å²) in [7, 11) is 0. The largest absolute Gasteiger partial charge is 0.317 e. The fourth-order valence-corrected chi connectivity index (χ4v) is 2.46. The van der Waals surface area contributed by atoms with Gasteiger partial charge in [0, 0.05) is 23.7 Å². The van der Waals surface area contributed by atoms with E-state index in [1.165, 1.54) is 16.2 Å². The number of thioether (sulfide) groups is 1. The Balaban J connectivity index is 0.000000221. The van der Waals surface area contributed by atoms with Gasteiger partial charge < -0.3 is 10.6 Å². The molecule has 2 N–H and O–H groups in total. The first kappa shape index (κ1) is 13.6. The zero-order chi connectivity index (χ0) is 11.6. The quantitative estimate of drug-likeness (QED) is 0.828. The minimum atomic E-state index is 1.03. The van der Waals surface area contributed by atoms with E-state index in [0.717, 1.165) is 26.2 Å². The van der Waals surface area contributed by atoms with E-state index in [-0.39, 0.29) is 0 Å². The molecule has 0 radical (unpaired) electrons. The van der Waals surface area contributed by atoms with Crippen molar-refractivity contribution in [1.82, 2.24) is 10.6 Å². The first-order valence-electron chi connectivity index (χ1n) is 6.00. The van der Waals surface area contributed by atoms with Crippen molar-refractivity contribution in [2.45, 2.75) is 25.3 Å². The molecule has 0 saturated heterocycles. The van der Waals surface area contributed by atoms with Gasteiger partial charge in [-0.3, -0.25) is 0 Å². The second kappa shape index (κ2) is 8.62. The highest BCUT2D eigenvalue weighted by molar-refractivity contribution is 7.99. The summed E-state index contributed by atoms with van der Waals surface area (Å²) in [5.41, 5.74) is 1.44. The molecule has 16 heavy (non-hydrogen) atoms. The molecule has 0 aromatic heterocycles. The van der Waals surface area contributed by atoms with Gasteiger partial charge in [0.15, 0.2) is 0 Å². The van der Waals surface area contributed by atoms with Crippen molar-refractivity contribution in [3.63, 3.8) is 0 Å². The van der Waals surface area contributed by atoms with Crippen molar-refractivity contribution in [3.8, 4) is 0 Å². The lowest BCUT2D eigenvalue weighted by Crippen LogP contribution is -2.13. The SMILES string of the molecule is CCNCC.c1ccc2c(c1)CNCCS2. The third-order valence-electron chi connectivity index (χ3n) is 2.32. The molecule has 90 valence electrons. The maximum atomic E-state index is 3.38. The summed E-state index contributed by atoms with van der Waals surface area (Å²) < 4.78 is 0. The predicted octanol–water partition coefficient (Wildman–Crippen LogP) is 2.50. The summed E-state index contributed by atoms with van der Waals surface area (Å²) in [6, 6.07) is 8.61. The third kappa shape index (κ3) is 5.01. The van der Waals surface area contributed by atoms with Gasteiger partial charge in [0.2, 0.25) is 0 Å². The van der Waals surface area contributed by atoms with Crippen molar-refractivity contribution >= 4 is 11.8 Å². The van der Waals surface area contributed by atoms with E-state index in [1.807, 2.05) is 11.8 Å².